The van der Waals surface area contributed by atoms with Crippen molar-refractivity contribution in [2.75, 3.05) is 39.3 Å². The maximum absolute atomic E-state index is 7.57. The molecule has 0 amide bonds. The summed E-state index contributed by atoms with van der Waals surface area (Å²) in [7, 11) is 0. The molecule has 0 radical (unpaired) electrons. The molecule has 0 aliphatic carbocycles. The molecule has 0 aliphatic rings. The second kappa shape index (κ2) is 30.7. The maximum Gasteiger partial charge on any atom is 0.0402 e. The van der Waals surface area contributed by atoms with Gasteiger partial charge in [-0.1, -0.05) is 33.6 Å². The van der Waals surface area contributed by atoms with Gasteiger partial charge >= 0.3 is 0 Å². The molecule has 0 spiro atoms. The van der Waals surface area contributed by atoms with Gasteiger partial charge < -0.3 is 21.5 Å². The monoisotopic (exact) mass is 277 g/mol. The molecule has 0 aromatic heterocycles. The van der Waals surface area contributed by atoms with Gasteiger partial charge in [0, 0.05) is 6.61 Å². The molecule has 5 N–H and O–H groups in total. The molecule has 0 heterocycles. The van der Waals surface area contributed by atoms with Gasteiger partial charge in [0.2, 0.25) is 0 Å². The number of rotatable bonds is 10. The van der Waals surface area contributed by atoms with Gasteiger partial charge in [-0.25, -0.2) is 0 Å². The van der Waals surface area contributed by atoms with Crippen molar-refractivity contribution < 1.29 is 5.11 Å². The van der Waals surface area contributed by atoms with Crippen molar-refractivity contribution >= 4 is 0 Å². The number of nitrogens with one attached hydrogen (secondary N) is 2. The van der Waals surface area contributed by atoms with Crippen molar-refractivity contribution in [3.63, 3.8) is 0 Å². The summed E-state index contributed by atoms with van der Waals surface area (Å²) in [5.41, 5.74) is 5.28. The summed E-state index contributed by atoms with van der Waals surface area (Å²) in [6, 6.07) is 0. The molecule has 0 unspecified atom stereocenters. The highest BCUT2D eigenvalue weighted by molar-refractivity contribution is 4.44. The minimum Gasteiger partial charge on any atom is -0.397 e. The number of hydrogen-bond acceptors (Lipinski definition) is 4. The summed E-state index contributed by atoms with van der Waals surface area (Å²) < 4.78 is 0. The molecule has 0 atom stereocenters. The zero-order valence-electron chi connectivity index (χ0n) is 13.8. The van der Waals surface area contributed by atoms with Crippen LogP contribution in [0.15, 0.2) is 0 Å². The van der Waals surface area contributed by atoms with Crippen LogP contribution in [0, 0.1) is 0 Å². The van der Waals surface area contributed by atoms with Gasteiger partial charge in [-0.15, -0.1) is 0 Å². The smallest absolute Gasteiger partial charge is 0.0402 e. The Labute approximate surface area is 121 Å². The second-order valence-electron chi connectivity index (χ2n) is 4.23. The van der Waals surface area contributed by atoms with E-state index in [0.717, 1.165) is 32.6 Å². The van der Waals surface area contributed by atoms with Gasteiger partial charge in [0.15, 0.2) is 0 Å². The lowest BCUT2D eigenvalue weighted by Crippen LogP contribution is -2.15. The van der Waals surface area contributed by atoms with E-state index in [9.17, 15) is 0 Å². The average Bonchev–Trinajstić information content (AvgIpc) is 2.42. The van der Waals surface area contributed by atoms with Crippen LogP contribution in [0.25, 0.3) is 0 Å². The maximum atomic E-state index is 7.57. The largest absolute Gasteiger partial charge is 0.397 e. The van der Waals surface area contributed by atoms with Crippen LogP contribution in [-0.4, -0.2) is 44.4 Å². The molecule has 19 heavy (non-hydrogen) atoms. The highest BCUT2D eigenvalue weighted by atomic mass is 16.2. The Bertz CT molecular complexity index is 89.6. The summed E-state index contributed by atoms with van der Waals surface area (Å²) in [5.74, 6) is 0. The van der Waals surface area contributed by atoms with Crippen LogP contribution in [0.4, 0.5) is 0 Å². The van der Waals surface area contributed by atoms with Crippen LogP contribution in [-0.2, 0) is 0 Å². The SMILES string of the molecule is CCCCCNCC.CCNCCCCN.CCO. The first-order valence-corrected chi connectivity index (χ1v) is 7.97. The predicted molar refractivity (Wildman–Crippen MR) is 87.7 cm³/mol. The standard InChI is InChI=1S/C7H17N.C6H16N2.C2H6O/c1-3-5-6-7-8-4-2;1-2-8-6-4-3-5-7;1-2-3/h8H,3-7H2,1-2H3;8H,2-7H2,1H3;3H,2H2,1H3. The average molecular weight is 277 g/mol. The third-order valence-electron chi connectivity index (χ3n) is 2.26. The molecule has 0 saturated carbocycles. The fourth-order valence-corrected chi connectivity index (χ4v) is 1.25. The van der Waals surface area contributed by atoms with Crippen molar-refractivity contribution in [3.05, 3.63) is 0 Å². The molecule has 0 fully saturated rings. The zero-order valence-corrected chi connectivity index (χ0v) is 13.8. The molecular formula is C15H39N3O. The normalized spacial score (nSPS) is 9.16. The van der Waals surface area contributed by atoms with Gasteiger partial charge in [-0.05, 0) is 58.9 Å². The third kappa shape index (κ3) is 46.2. The summed E-state index contributed by atoms with van der Waals surface area (Å²) in [4.78, 5) is 0. The first-order valence-electron chi connectivity index (χ1n) is 7.97. The molecular weight excluding hydrogens is 238 g/mol. The Hall–Kier alpha value is -0.160. The van der Waals surface area contributed by atoms with Crippen LogP contribution in [0.3, 0.4) is 0 Å². The van der Waals surface area contributed by atoms with Gasteiger partial charge in [-0.2, -0.15) is 0 Å². The highest BCUT2D eigenvalue weighted by Gasteiger charge is 1.82. The summed E-state index contributed by atoms with van der Waals surface area (Å²) in [5, 5.41) is 14.1. The first-order chi connectivity index (χ1) is 9.24. The number of unbranched alkanes of at least 4 members (excludes halogenated alkanes) is 3. The Kier molecular flexibility index (Phi) is 38.6. The van der Waals surface area contributed by atoms with Gasteiger partial charge in [-0.3, -0.25) is 0 Å². The van der Waals surface area contributed by atoms with E-state index in [1.807, 2.05) is 0 Å². The molecule has 120 valence electrons. The van der Waals surface area contributed by atoms with E-state index < -0.39 is 0 Å². The minimum absolute atomic E-state index is 0.250. The third-order valence-corrected chi connectivity index (χ3v) is 2.26. The van der Waals surface area contributed by atoms with E-state index in [1.165, 1.54) is 32.2 Å². The van der Waals surface area contributed by atoms with Crippen LogP contribution in [0.1, 0.15) is 59.8 Å². The van der Waals surface area contributed by atoms with E-state index in [1.54, 1.807) is 6.92 Å². The lowest BCUT2D eigenvalue weighted by Gasteiger charge is -1.97. The van der Waals surface area contributed by atoms with E-state index in [-0.39, 0.29) is 6.61 Å². The lowest BCUT2D eigenvalue weighted by molar-refractivity contribution is 0.318. The zero-order chi connectivity index (χ0) is 15.2. The summed E-state index contributed by atoms with van der Waals surface area (Å²) in [6.07, 6.45) is 6.39. The summed E-state index contributed by atoms with van der Waals surface area (Å²) in [6.45, 7) is 13.7. The molecule has 0 bridgehead atoms. The van der Waals surface area contributed by atoms with Crippen LogP contribution in [0.5, 0.6) is 0 Å². The summed E-state index contributed by atoms with van der Waals surface area (Å²) >= 11 is 0. The molecule has 4 nitrogen and oxygen atoms in total. The second-order valence-corrected chi connectivity index (χ2v) is 4.23. The highest BCUT2D eigenvalue weighted by Crippen LogP contribution is 1.90. The van der Waals surface area contributed by atoms with Crippen LogP contribution in [0.2, 0.25) is 0 Å². The van der Waals surface area contributed by atoms with Crippen LogP contribution < -0.4 is 16.4 Å². The van der Waals surface area contributed by atoms with Crippen molar-refractivity contribution in [2.45, 2.75) is 59.8 Å². The van der Waals surface area contributed by atoms with E-state index >= 15 is 0 Å². The first kappa shape index (κ1) is 23.9. The van der Waals surface area contributed by atoms with Crippen molar-refractivity contribution in [3.8, 4) is 0 Å². The topological polar surface area (TPSA) is 70.3 Å². The fourth-order valence-electron chi connectivity index (χ4n) is 1.25. The minimum atomic E-state index is 0.250. The molecule has 0 saturated heterocycles. The van der Waals surface area contributed by atoms with Crippen molar-refractivity contribution in [1.29, 1.82) is 0 Å². The Morgan fingerprint density at radius 1 is 0.789 bits per heavy atom. The predicted octanol–water partition coefficient (Wildman–Crippen LogP) is 2.12. The molecule has 0 aromatic carbocycles. The van der Waals surface area contributed by atoms with Gasteiger partial charge in [0.05, 0.1) is 0 Å². The molecule has 0 aliphatic heterocycles. The number of nitrogens with two attached hydrogens (primary N) is 1. The van der Waals surface area contributed by atoms with Crippen molar-refractivity contribution in [1.82, 2.24) is 10.6 Å². The van der Waals surface area contributed by atoms with Gasteiger partial charge in [0.1, 0.15) is 0 Å². The van der Waals surface area contributed by atoms with E-state index in [2.05, 4.69) is 31.4 Å². The Morgan fingerprint density at radius 2 is 1.21 bits per heavy atom. The number of aliphatic hydroxyl groups is 1. The van der Waals surface area contributed by atoms with E-state index in [4.69, 9.17) is 10.8 Å². The number of aliphatic hydroxyl groups excluding tert-OH is 1. The quantitative estimate of drug-likeness (QED) is 0.462. The Morgan fingerprint density at radius 3 is 1.53 bits per heavy atom. The molecule has 0 aromatic rings. The number of hydrogen-bond donors (Lipinski definition) is 4. The molecule has 0 rings (SSSR count). The van der Waals surface area contributed by atoms with Crippen LogP contribution >= 0.6 is 0 Å². The fraction of sp³-hybridized carbons (Fsp3) is 1.00. The lowest BCUT2D eigenvalue weighted by atomic mass is 10.2. The molecule has 4 heteroatoms. The van der Waals surface area contributed by atoms with Crippen molar-refractivity contribution in [2.24, 2.45) is 5.73 Å². The van der Waals surface area contributed by atoms with Gasteiger partial charge in [0.25, 0.3) is 0 Å². The Balaban J connectivity index is -0.000000224. The van der Waals surface area contributed by atoms with E-state index in [0.29, 0.717) is 0 Å².